The quantitative estimate of drug-likeness (QED) is 0.780. The van der Waals surface area contributed by atoms with Crippen LogP contribution < -0.4 is 5.11 Å². The minimum atomic E-state index is -4.37. The van der Waals surface area contributed by atoms with Gasteiger partial charge >= 0.3 is 5.92 Å². The van der Waals surface area contributed by atoms with E-state index < -0.39 is 18.0 Å². The molecule has 0 saturated carbocycles. The molecule has 0 amide bonds. The Morgan fingerprint density at radius 1 is 1.50 bits per heavy atom. The molecule has 1 aromatic carbocycles. The van der Waals surface area contributed by atoms with Gasteiger partial charge < -0.3 is 20.1 Å². The number of rotatable bonds is 3. The first-order valence-corrected chi connectivity index (χ1v) is 5.10. The normalized spacial score (nSPS) is 13.5. The van der Waals surface area contributed by atoms with Crippen molar-refractivity contribution in [3.05, 3.63) is 27.3 Å². The molecule has 7 heteroatoms. The van der Waals surface area contributed by atoms with Gasteiger partial charge in [0.1, 0.15) is 17.8 Å². The molecule has 0 radical (unpaired) electrons. The molecule has 0 spiro atoms. The molecule has 1 rings (SSSR count). The van der Waals surface area contributed by atoms with Gasteiger partial charge in [-0.25, -0.2) is 0 Å². The molecule has 1 aromatic rings. The van der Waals surface area contributed by atoms with Gasteiger partial charge in [-0.05, 0) is 40.3 Å². The van der Waals surface area contributed by atoms with Crippen molar-refractivity contribution in [2.45, 2.75) is 12.0 Å². The Bertz CT molecular complexity index is 422. The van der Waals surface area contributed by atoms with Crippen LogP contribution >= 0.6 is 22.6 Å². The summed E-state index contributed by atoms with van der Waals surface area (Å²) in [4.78, 5) is 10.1. The summed E-state index contributed by atoms with van der Waals surface area (Å²) >= 11 is 1.66. The standard InChI is InChI=1S/C9H7F2IO4/c10-9(11,8(15)16)7(14)4-1-2-6(13)5(12)3-4/h1-3,7,13-14H,(H,15,16)/p-1. The lowest BCUT2D eigenvalue weighted by Gasteiger charge is -2.23. The van der Waals surface area contributed by atoms with E-state index in [1.54, 1.807) is 22.6 Å². The number of alkyl halides is 2. The Morgan fingerprint density at radius 3 is 2.50 bits per heavy atom. The van der Waals surface area contributed by atoms with Crippen LogP contribution in [0.25, 0.3) is 0 Å². The number of hydrogen-bond donors (Lipinski definition) is 2. The summed E-state index contributed by atoms with van der Waals surface area (Å²) in [5.74, 6) is -7.17. The smallest absolute Gasteiger partial charge is 0.316 e. The van der Waals surface area contributed by atoms with Crippen LogP contribution in [0.1, 0.15) is 11.7 Å². The maximum absolute atomic E-state index is 12.9. The van der Waals surface area contributed by atoms with Crippen LogP contribution in [0.2, 0.25) is 0 Å². The maximum Gasteiger partial charge on any atom is 0.316 e. The average molecular weight is 343 g/mol. The monoisotopic (exact) mass is 343 g/mol. The van der Waals surface area contributed by atoms with Gasteiger partial charge in [0.05, 0.1) is 3.57 Å². The number of aliphatic carboxylic acids is 1. The van der Waals surface area contributed by atoms with Gasteiger partial charge in [0, 0.05) is 0 Å². The summed E-state index contributed by atoms with van der Waals surface area (Å²) in [7, 11) is 0. The van der Waals surface area contributed by atoms with E-state index >= 15 is 0 Å². The summed E-state index contributed by atoms with van der Waals surface area (Å²) in [5, 5.41) is 28.4. The SMILES string of the molecule is O=C([O-])C(F)(F)C(O)c1ccc(O)c(I)c1. The number of phenols is 1. The topological polar surface area (TPSA) is 80.6 Å². The maximum atomic E-state index is 12.9. The summed E-state index contributed by atoms with van der Waals surface area (Å²) < 4.78 is 26.0. The zero-order chi connectivity index (χ0) is 12.5. The number of carboxylic acids is 1. The van der Waals surface area contributed by atoms with E-state index in [2.05, 4.69) is 0 Å². The molecule has 4 nitrogen and oxygen atoms in total. The number of aliphatic hydroxyl groups excluding tert-OH is 1. The van der Waals surface area contributed by atoms with Crippen molar-refractivity contribution in [1.82, 2.24) is 0 Å². The van der Waals surface area contributed by atoms with Crippen molar-refractivity contribution in [2.24, 2.45) is 0 Å². The van der Waals surface area contributed by atoms with Crippen molar-refractivity contribution >= 4 is 28.6 Å². The second-order valence-electron chi connectivity index (χ2n) is 3.02. The first-order valence-electron chi connectivity index (χ1n) is 4.02. The first-order chi connectivity index (χ1) is 7.26. The molecule has 2 N–H and O–H groups in total. The highest BCUT2D eigenvalue weighted by Gasteiger charge is 2.41. The van der Waals surface area contributed by atoms with Gasteiger partial charge in [0.15, 0.2) is 0 Å². The molecule has 16 heavy (non-hydrogen) atoms. The van der Waals surface area contributed by atoms with Crippen LogP contribution in [0.5, 0.6) is 5.75 Å². The summed E-state index contributed by atoms with van der Waals surface area (Å²) in [6, 6.07) is 3.17. The molecule has 0 aliphatic carbocycles. The van der Waals surface area contributed by atoms with Crippen molar-refractivity contribution in [1.29, 1.82) is 0 Å². The Balaban J connectivity index is 3.10. The number of carboxylic acid groups (broad SMARTS) is 1. The lowest BCUT2D eigenvalue weighted by Crippen LogP contribution is -2.45. The third kappa shape index (κ3) is 2.40. The lowest BCUT2D eigenvalue weighted by molar-refractivity contribution is -0.336. The highest BCUT2D eigenvalue weighted by Crippen LogP contribution is 2.33. The summed E-state index contributed by atoms with van der Waals surface area (Å²) in [5.41, 5.74) is -0.309. The lowest BCUT2D eigenvalue weighted by atomic mass is 10.0. The molecule has 0 saturated heterocycles. The molecular formula is C9H6F2IO4-. The van der Waals surface area contributed by atoms with E-state index in [-0.39, 0.29) is 14.9 Å². The zero-order valence-electron chi connectivity index (χ0n) is 7.65. The van der Waals surface area contributed by atoms with E-state index in [1.165, 1.54) is 0 Å². The predicted octanol–water partition coefficient (Wildman–Crippen LogP) is 0.415. The second-order valence-corrected chi connectivity index (χ2v) is 4.19. The number of hydrogen-bond acceptors (Lipinski definition) is 4. The van der Waals surface area contributed by atoms with Gasteiger partial charge in [0.25, 0.3) is 0 Å². The van der Waals surface area contributed by atoms with E-state index in [9.17, 15) is 23.8 Å². The van der Waals surface area contributed by atoms with Gasteiger partial charge in [-0.3, -0.25) is 0 Å². The minimum Gasteiger partial charge on any atom is -0.544 e. The molecule has 1 atom stereocenters. The van der Waals surface area contributed by atoms with Gasteiger partial charge in [0.2, 0.25) is 0 Å². The first kappa shape index (κ1) is 13.1. The highest BCUT2D eigenvalue weighted by atomic mass is 127. The summed E-state index contributed by atoms with van der Waals surface area (Å²) in [6.45, 7) is 0. The molecule has 0 heterocycles. The fourth-order valence-corrected chi connectivity index (χ4v) is 1.55. The fraction of sp³-hybridized carbons (Fsp3) is 0.222. The Morgan fingerprint density at radius 2 is 2.06 bits per heavy atom. The minimum absolute atomic E-state index is 0.145. The fourth-order valence-electron chi connectivity index (χ4n) is 1.01. The van der Waals surface area contributed by atoms with E-state index in [0.29, 0.717) is 0 Å². The number of aromatic hydroxyl groups is 1. The molecule has 0 aliphatic heterocycles. The van der Waals surface area contributed by atoms with Gasteiger partial charge in [-0.2, -0.15) is 8.78 Å². The van der Waals surface area contributed by atoms with Crippen LogP contribution in [-0.4, -0.2) is 22.1 Å². The van der Waals surface area contributed by atoms with E-state index in [0.717, 1.165) is 18.2 Å². The van der Waals surface area contributed by atoms with Gasteiger partial charge in [-0.15, -0.1) is 0 Å². The molecule has 0 fully saturated rings. The zero-order valence-corrected chi connectivity index (χ0v) is 9.81. The summed E-state index contributed by atoms with van der Waals surface area (Å²) in [6.07, 6.45) is -2.51. The Kier molecular flexibility index (Phi) is 3.68. The molecule has 1 unspecified atom stereocenters. The van der Waals surface area contributed by atoms with Crippen LogP contribution in [0.4, 0.5) is 8.78 Å². The highest BCUT2D eigenvalue weighted by molar-refractivity contribution is 14.1. The molecule has 0 aromatic heterocycles. The third-order valence-corrected chi connectivity index (χ3v) is 2.77. The number of aliphatic hydroxyl groups is 1. The number of phenolic OH excluding ortho intramolecular Hbond substituents is 1. The van der Waals surface area contributed by atoms with Crippen molar-refractivity contribution < 1.29 is 28.9 Å². The molecule has 88 valence electrons. The van der Waals surface area contributed by atoms with Gasteiger partial charge in [-0.1, -0.05) is 6.07 Å². The van der Waals surface area contributed by atoms with Crippen LogP contribution in [0, 0.1) is 3.57 Å². The average Bonchev–Trinajstić information content (AvgIpc) is 2.20. The number of carbonyl (C=O) groups excluding carboxylic acids is 1. The number of halogens is 3. The largest absolute Gasteiger partial charge is 0.544 e. The van der Waals surface area contributed by atoms with Crippen LogP contribution in [0.15, 0.2) is 18.2 Å². The van der Waals surface area contributed by atoms with E-state index in [4.69, 9.17) is 5.11 Å². The second kappa shape index (κ2) is 4.50. The Labute approximate surface area is 103 Å². The van der Waals surface area contributed by atoms with E-state index in [1.807, 2.05) is 0 Å². The molecular weight excluding hydrogens is 337 g/mol. The molecule has 0 bridgehead atoms. The number of carbonyl (C=O) groups is 1. The third-order valence-electron chi connectivity index (χ3n) is 1.90. The van der Waals surface area contributed by atoms with Crippen molar-refractivity contribution in [3.63, 3.8) is 0 Å². The van der Waals surface area contributed by atoms with Crippen LogP contribution in [0.3, 0.4) is 0 Å². The van der Waals surface area contributed by atoms with Crippen LogP contribution in [-0.2, 0) is 4.79 Å². The predicted molar refractivity (Wildman–Crippen MR) is 55.7 cm³/mol. The number of benzene rings is 1. The van der Waals surface area contributed by atoms with Crippen molar-refractivity contribution in [2.75, 3.05) is 0 Å². The molecule has 0 aliphatic rings. The van der Waals surface area contributed by atoms with Crippen molar-refractivity contribution in [3.8, 4) is 5.75 Å². The Hall–Kier alpha value is -0.960.